The Morgan fingerprint density at radius 2 is 1.70 bits per heavy atom. The fourth-order valence-electron chi connectivity index (χ4n) is 2.80. The summed E-state index contributed by atoms with van der Waals surface area (Å²) in [4.78, 5) is 12.5. The Hall–Kier alpha value is -2.42. The van der Waals surface area contributed by atoms with Crippen molar-refractivity contribution in [1.29, 1.82) is 0 Å². The van der Waals surface area contributed by atoms with Crippen LogP contribution >= 0.6 is 0 Å². The van der Waals surface area contributed by atoms with Crippen molar-refractivity contribution in [1.82, 2.24) is 9.62 Å². The standard InChI is InChI=1S/C22H30N2O5S/c1-3-28-16-8-15-23-22(25)18-24(17-19-9-6-5-7-10-19)30(26,27)21-13-11-20(12-14-21)29-4-2/h5-7,9-14H,3-4,8,15-18H2,1-2H3,(H,23,25). The van der Waals surface area contributed by atoms with Crippen LogP contribution in [0.25, 0.3) is 0 Å². The van der Waals surface area contributed by atoms with Gasteiger partial charge in [-0.1, -0.05) is 30.3 Å². The Labute approximate surface area is 179 Å². The Morgan fingerprint density at radius 1 is 1.00 bits per heavy atom. The van der Waals surface area contributed by atoms with Crippen LogP contribution < -0.4 is 10.1 Å². The van der Waals surface area contributed by atoms with Gasteiger partial charge in [-0.15, -0.1) is 0 Å². The molecule has 0 radical (unpaired) electrons. The Morgan fingerprint density at radius 3 is 2.33 bits per heavy atom. The smallest absolute Gasteiger partial charge is 0.243 e. The molecular weight excluding hydrogens is 404 g/mol. The largest absolute Gasteiger partial charge is 0.494 e. The summed E-state index contributed by atoms with van der Waals surface area (Å²) in [7, 11) is -3.87. The molecule has 7 nitrogen and oxygen atoms in total. The number of amides is 1. The number of sulfonamides is 1. The van der Waals surface area contributed by atoms with Gasteiger partial charge in [0.2, 0.25) is 15.9 Å². The van der Waals surface area contributed by atoms with E-state index in [1.165, 1.54) is 16.4 Å². The van der Waals surface area contributed by atoms with Gasteiger partial charge in [0.25, 0.3) is 0 Å². The monoisotopic (exact) mass is 434 g/mol. The first kappa shape index (κ1) is 23.9. The van der Waals surface area contributed by atoms with Crippen LogP contribution in [0.4, 0.5) is 0 Å². The Bertz CT molecular complexity index is 870. The van der Waals surface area contributed by atoms with Crippen molar-refractivity contribution in [2.75, 3.05) is 32.9 Å². The molecule has 1 amide bonds. The molecule has 2 rings (SSSR count). The van der Waals surface area contributed by atoms with E-state index in [4.69, 9.17) is 9.47 Å². The number of nitrogens with one attached hydrogen (secondary N) is 1. The highest BCUT2D eigenvalue weighted by molar-refractivity contribution is 7.89. The Balaban J connectivity index is 2.14. The molecule has 0 aliphatic heterocycles. The van der Waals surface area contributed by atoms with Crippen molar-refractivity contribution in [3.8, 4) is 5.75 Å². The van der Waals surface area contributed by atoms with Crippen LogP contribution in [-0.2, 0) is 26.1 Å². The summed E-state index contributed by atoms with van der Waals surface area (Å²) in [6.45, 7) is 5.71. The molecule has 0 bridgehead atoms. The summed E-state index contributed by atoms with van der Waals surface area (Å²) in [5, 5.41) is 2.76. The predicted octanol–water partition coefficient (Wildman–Crippen LogP) is 2.82. The summed E-state index contributed by atoms with van der Waals surface area (Å²) in [5.74, 6) is 0.245. The van der Waals surface area contributed by atoms with Crippen LogP contribution in [0.15, 0.2) is 59.5 Å². The molecule has 0 saturated carbocycles. The van der Waals surface area contributed by atoms with Crippen LogP contribution in [-0.4, -0.2) is 51.5 Å². The van der Waals surface area contributed by atoms with Crippen molar-refractivity contribution >= 4 is 15.9 Å². The van der Waals surface area contributed by atoms with E-state index in [1.54, 1.807) is 12.1 Å². The molecule has 8 heteroatoms. The molecule has 30 heavy (non-hydrogen) atoms. The normalized spacial score (nSPS) is 11.4. The SMILES string of the molecule is CCOCCCNC(=O)CN(Cc1ccccc1)S(=O)(=O)c1ccc(OCC)cc1. The molecule has 0 aromatic heterocycles. The fourth-order valence-corrected chi connectivity index (χ4v) is 4.18. The van der Waals surface area contributed by atoms with Gasteiger partial charge in [-0.2, -0.15) is 4.31 Å². The average Bonchev–Trinajstić information content (AvgIpc) is 2.74. The lowest BCUT2D eigenvalue weighted by Crippen LogP contribution is -2.40. The van der Waals surface area contributed by atoms with E-state index >= 15 is 0 Å². The first-order valence-electron chi connectivity index (χ1n) is 10.1. The summed E-state index contributed by atoms with van der Waals surface area (Å²) in [5.41, 5.74) is 0.802. The maximum atomic E-state index is 13.2. The van der Waals surface area contributed by atoms with Gasteiger partial charge in [-0.05, 0) is 50.1 Å². The molecule has 0 atom stereocenters. The molecule has 0 saturated heterocycles. The van der Waals surface area contributed by atoms with E-state index < -0.39 is 10.0 Å². The zero-order valence-electron chi connectivity index (χ0n) is 17.5. The van der Waals surface area contributed by atoms with E-state index in [0.29, 0.717) is 38.5 Å². The number of hydrogen-bond acceptors (Lipinski definition) is 5. The first-order valence-corrected chi connectivity index (χ1v) is 11.5. The maximum absolute atomic E-state index is 13.2. The van der Waals surface area contributed by atoms with Crippen molar-refractivity contribution in [2.24, 2.45) is 0 Å². The van der Waals surface area contributed by atoms with Crippen molar-refractivity contribution in [3.63, 3.8) is 0 Å². The number of benzene rings is 2. The second-order valence-electron chi connectivity index (χ2n) is 6.56. The third-order valence-corrected chi connectivity index (χ3v) is 6.09. The molecule has 164 valence electrons. The van der Waals surface area contributed by atoms with Gasteiger partial charge in [0.05, 0.1) is 18.0 Å². The molecule has 0 aliphatic carbocycles. The van der Waals surface area contributed by atoms with Crippen LogP contribution in [0, 0.1) is 0 Å². The van der Waals surface area contributed by atoms with Crippen molar-refractivity contribution < 1.29 is 22.7 Å². The van der Waals surface area contributed by atoms with Gasteiger partial charge in [-0.3, -0.25) is 4.79 Å². The van der Waals surface area contributed by atoms with E-state index in [9.17, 15) is 13.2 Å². The molecule has 0 spiro atoms. The van der Waals surface area contributed by atoms with E-state index in [1.807, 2.05) is 44.2 Å². The number of rotatable bonds is 13. The lowest BCUT2D eigenvalue weighted by atomic mass is 10.2. The van der Waals surface area contributed by atoms with Crippen molar-refractivity contribution in [2.45, 2.75) is 31.7 Å². The summed E-state index contributed by atoms with van der Waals surface area (Å²) >= 11 is 0. The highest BCUT2D eigenvalue weighted by Crippen LogP contribution is 2.21. The number of carbonyl (C=O) groups is 1. The Kier molecular flexibility index (Phi) is 9.79. The number of ether oxygens (including phenoxy) is 2. The first-order chi connectivity index (χ1) is 14.5. The van der Waals surface area contributed by atoms with Gasteiger partial charge >= 0.3 is 0 Å². The highest BCUT2D eigenvalue weighted by Gasteiger charge is 2.27. The average molecular weight is 435 g/mol. The van der Waals surface area contributed by atoms with Gasteiger partial charge < -0.3 is 14.8 Å². The molecule has 1 N–H and O–H groups in total. The summed E-state index contributed by atoms with van der Waals surface area (Å²) < 4.78 is 38.3. The van der Waals surface area contributed by atoms with E-state index in [2.05, 4.69) is 5.32 Å². The van der Waals surface area contributed by atoms with Gasteiger partial charge in [0.1, 0.15) is 5.75 Å². The van der Waals surface area contributed by atoms with Crippen LogP contribution in [0.5, 0.6) is 5.75 Å². The molecule has 0 fully saturated rings. The van der Waals surface area contributed by atoms with Gasteiger partial charge in [0.15, 0.2) is 0 Å². The summed E-state index contributed by atoms with van der Waals surface area (Å²) in [6.07, 6.45) is 0.671. The minimum atomic E-state index is -3.87. The topological polar surface area (TPSA) is 84.9 Å². The molecule has 2 aromatic rings. The van der Waals surface area contributed by atoms with Crippen LogP contribution in [0.3, 0.4) is 0 Å². The third-order valence-electron chi connectivity index (χ3n) is 4.29. The zero-order valence-corrected chi connectivity index (χ0v) is 18.4. The second kappa shape index (κ2) is 12.3. The van der Waals surface area contributed by atoms with Gasteiger partial charge in [0, 0.05) is 26.3 Å². The quantitative estimate of drug-likeness (QED) is 0.490. The molecule has 0 heterocycles. The van der Waals surface area contributed by atoms with E-state index in [-0.39, 0.29) is 23.9 Å². The molecule has 0 aliphatic rings. The number of nitrogens with zero attached hydrogens (tertiary/aromatic N) is 1. The maximum Gasteiger partial charge on any atom is 0.243 e. The minimum absolute atomic E-state index is 0.1000. The predicted molar refractivity (Wildman–Crippen MR) is 116 cm³/mol. The molecule has 2 aromatic carbocycles. The van der Waals surface area contributed by atoms with Crippen LogP contribution in [0.1, 0.15) is 25.8 Å². The molecule has 0 unspecified atom stereocenters. The molecular formula is C22H30N2O5S. The third kappa shape index (κ3) is 7.44. The van der Waals surface area contributed by atoms with Crippen molar-refractivity contribution in [3.05, 3.63) is 60.2 Å². The lowest BCUT2D eigenvalue weighted by molar-refractivity contribution is -0.121. The number of carbonyl (C=O) groups excluding carboxylic acids is 1. The minimum Gasteiger partial charge on any atom is -0.494 e. The summed E-state index contributed by atoms with van der Waals surface area (Å²) in [6, 6.07) is 15.4. The van der Waals surface area contributed by atoms with Crippen LogP contribution in [0.2, 0.25) is 0 Å². The second-order valence-corrected chi connectivity index (χ2v) is 8.50. The lowest BCUT2D eigenvalue weighted by Gasteiger charge is -2.22. The highest BCUT2D eigenvalue weighted by atomic mass is 32.2. The number of hydrogen-bond donors (Lipinski definition) is 1. The fraction of sp³-hybridized carbons (Fsp3) is 0.409. The zero-order chi connectivity index (χ0) is 21.8. The van der Waals surface area contributed by atoms with E-state index in [0.717, 1.165) is 5.56 Å². The van der Waals surface area contributed by atoms with Gasteiger partial charge in [-0.25, -0.2) is 8.42 Å².